The van der Waals surface area contributed by atoms with Gasteiger partial charge in [0, 0.05) is 17.6 Å². The molecule has 3 nitrogen and oxygen atoms in total. The van der Waals surface area contributed by atoms with Crippen molar-refractivity contribution in [2.24, 2.45) is 0 Å². The van der Waals surface area contributed by atoms with Crippen molar-refractivity contribution in [1.29, 1.82) is 0 Å². The van der Waals surface area contributed by atoms with Gasteiger partial charge in [0.05, 0.1) is 5.56 Å². The first kappa shape index (κ1) is 14.8. The molecule has 0 bridgehead atoms. The molecule has 1 N–H and O–H groups in total. The van der Waals surface area contributed by atoms with Crippen LogP contribution in [0.3, 0.4) is 0 Å². The highest BCUT2D eigenvalue weighted by molar-refractivity contribution is 5.99. The fraction of sp³-hybridized carbons (Fsp3) is 0.222. The molecule has 0 aromatic heterocycles. The summed E-state index contributed by atoms with van der Waals surface area (Å²) in [7, 11) is 0. The van der Waals surface area contributed by atoms with Gasteiger partial charge in [-0.15, -0.1) is 0 Å². The van der Waals surface area contributed by atoms with Crippen LogP contribution in [0.2, 0.25) is 0 Å². The third-order valence-electron chi connectivity index (χ3n) is 3.40. The number of aromatic carboxylic acids is 1. The number of carbonyl (C=O) groups is 2. The van der Waals surface area contributed by atoms with Crippen molar-refractivity contribution in [3.8, 4) is 11.8 Å². The summed E-state index contributed by atoms with van der Waals surface area (Å²) in [5.41, 5.74) is 2.88. The molecule has 0 aliphatic heterocycles. The van der Waals surface area contributed by atoms with Crippen molar-refractivity contribution in [3.05, 3.63) is 58.7 Å². The Bertz CT molecular complexity index is 679. The normalized spacial score (nSPS) is 15.0. The van der Waals surface area contributed by atoms with E-state index in [-0.39, 0.29) is 11.3 Å². The molecule has 1 aliphatic carbocycles. The van der Waals surface area contributed by atoms with Crippen molar-refractivity contribution in [3.63, 3.8) is 0 Å². The molecule has 2 rings (SSSR count). The second kappa shape index (κ2) is 6.71. The van der Waals surface area contributed by atoms with E-state index in [1.807, 2.05) is 6.92 Å². The maximum atomic E-state index is 11.8. The lowest BCUT2D eigenvalue weighted by molar-refractivity contribution is -0.115. The molecule has 0 atom stereocenters. The van der Waals surface area contributed by atoms with Crippen LogP contribution < -0.4 is 0 Å². The van der Waals surface area contributed by atoms with Crippen LogP contribution in [0, 0.1) is 11.8 Å². The highest BCUT2D eigenvalue weighted by Gasteiger charge is 2.14. The smallest absolute Gasteiger partial charge is 0.335 e. The minimum absolute atomic E-state index is 0.183. The van der Waals surface area contributed by atoms with Crippen LogP contribution in [-0.2, 0) is 4.79 Å². The molecule has 1 aromatic rings. The van der Waals surface area contributed by atoms with E-state index in [0.717, 1.165) is 29.6 Å². The fourth-order valence-corrected chi connectivity index (χ4v) is 2.20. The fourth-order valence-electron chi connectivity index (χ4n) is 2.20. The van der Waals surface area contributed by atoms with E-state index >= 15 is 0 Å². The van der Waals surface area contributed by atoms with Crippen LogP contribution in [0.5, 0.6) is 0 Å². The molecule has 106 valence electrons. The molecule has 0 radical (unpaired) electrons. The second-order valence-corrected chi connectivity index (χ2v) is 4.96. The van der Waals surface area contributed by atoms with Gasteiger partial charge >= 0.3 is 5.97 Å². The zero-order valence-corrected chi connectivity index (χ0v) is 11.8. The summed E-state index contributed by atoms with van der Waals surface area (Å²) in [5.74, 6) is 5.02. The Balaban J connectivity index is 2.08. The van der Waals surface area contributed by atoms with Gasteiger partial charge in [-0.1, -0.05) is 17.4 Å². The summed E-state index contributed by atoms with van der Waals surface area (Å²) in [6.45, 7) is 1.98. The molecule has 0 saturated carbocycles. The van der Waals surface area contributed by atoms with Crippen molar-refractivity contribution >= 4 is 11.8 Å². The lowest BCUT2D eigenvalue weighted by atomic mass is 9.91. The summed E-state index contributed by atoms with van der Waals surface area (Å²) in [6, 6.07) is 6.38. The molecule has 21 heavy (non-hydrogen) atoms. The Labute approximate surface area is 124 Å². The maximum Gasteiger partial charge on any atom is 0.335 e. The van der Waals surface area contributed by atoms with Crippen LogP contribution in [0.25, 0.3) is 0 Å². The molecular weight excluding hydrogens is 264 g/mol. The Morgan fingerprint density at radius 1 is 1.24 bits per heavy atom. The Kier molecular flexibility index (Phi) is 4.73. The largest absolute Gasteiger partial charge is 0.478 e. The van der Waals surface area contributed by atoms with Gasteiger partial charge in [0.25, 0.3) is 0 Å². The molecular formula is C18H16O3. The number of hydrogen-bond acceptors (Lipinski definition) is 2. The first-order valence-corrected chi connectivity index (χ1v) is 6.82. The van der Waals surface area contributed by atoms with Gasteiger partial charge in [-0.2, -0.15) is 0 Å². The van der Waals surface area contributed by atoms with Crippen LogP contribution in [0.15, 0.2) is 47.6 Å². The monoisotopic (exact) mass is 280 g/mol. The van der Waals surface area contributed by atoms with Crippen LogP contribution in [0.1, 0.15) is 42.1 Å². The van der Waals surface area contributed by atoms with Gasteiger partial charge in [0.2, 0.25) is 0 Å². The van der Waals surface area contributed by atoms with E-state index in [0.29, 0.717) is 6.42 Å². The average molecular weight is 280 g/mol. The molecule has 0 heterocycles. The summed E-state index contributed by atoms with van der Waals surface area (Å²) < 4.78 is 0. The van der Waals surface area contributed by atoms with Crippen LogP contribution in [0.4, 0.5) is 0 Å². The number of hydrogen-bond donors (Lipinski definition) is 1. The van der Waals surface area contributed by atoms with Crippen LogP contribution in [-0.4, -0.2) is 16.9 Å². The standard InChI is InChI=1S/C18H16O3/c1-13-5-4-8-17(19)16(13)7-3-2-6-14-9-11-15(12-10-14)18(20)21/h3,7,9-12H,4-5,8H2,1H3,(H,20,21). The quantitative estimate of drug-likeness (QED) is 0.845. The highest BCUT2D eigenvalue weighted by atomic mass is 16.4. The maximum absolute atomic E-state index is 11.8. The topological polar surface area (TPSA) is 54.4 Å². The molecule has 0 saturated heterocycles. The number of rotatable bonds is 2. The minimum atomic E-state index is -0.951. The van der Waals surface area contributed by atoms with E-state index < -0.39 is 5.97 Å². The van der Waals surface area contributed by atoms with Gasteiger partial charge in [-0.25, -0.2) is 4.79 Å². The number of allylic oxidation sites excluding steroid dienone is 4. The average Bonchev–Trinajstić information content (AvgIpc) is 2.46. The third kappa shape index (κ3) is 3.93. The number of carboxylic acids is 1. The van der Waals surface area contributed by atoms with Gasteiger partial charge in [0.15, 0.2) is 5.78 Å². The molecule has 1 aliphatic rings. The highest BCUT2D eigenvalue weighted by Crippen LogP contribution is 2.22. The molecule has 0 unspecified atom stereocenters. The first-order valence-electron chi connectivity index (χ1n) is 6.82. The van der Waals surface area contributed by atoms with E-state index in [4.69, 9.17) is 5.11 Å². The van der Waals surface area contributed by atoms with E-state index in [9.17, 15) is 9.59 Å². The zero-order valence-electron chi connectivity index (χ0n) is 11.8. The number of ketones is 1. The molecule has 3 heteroatoms. The molecule has 1 aromatic carbocycles. The Morgan fingerprint density at radius 3 is 2.57 bits per heavy atom. The predicted molar refractivity (Wildman–Crippen MR) is 81.0 cm³/mol. The number of benzene rings is 1. The van der Waals surface area contributed by atoms with Crippen molar-refractivity contribution in [1.82, 2.24) is 0 Å². The van der Waals surface area contributed by atoms with Crippen molar-refractivity contribution < 1.29 is 14.7 Å². The van der Waals surface area contributed by atoms with Gasteiger partial charge in [0.1, 0.15) is 0 Å². The lowest BCUT2D eigenvalue weighted by Crippen LogP contribution is -2.08. The second-order valence-electron chi connectivity index (χ2n) is 4.96. The van der Waals surface area contributed by atoms with Gasteiger partial charge in [-0.05, 0) is 56.2 Å². The van der Waals surface area contributed by atoms with E-state index in [2.05, 4.69) is 11.8 Å². The van der Waals surface area contributed by atoms with Crippen molar-refractivity contribution in [2.45, 2.75) is 26.2 Å². The Hall–Kier alpha value is -2.60. The lowest BCUT2D eigenvalue weighted by Gasteiger charge is -2.12. The zero-order chi connectivity index (χ0) is 15.2. The summed E-state index contributed by atoms with van der Waals surface area (Å²) in [4.78, 5) is 22.5. The third-order valence-corrected chi connectivity index (χ3v) is 3.40. The SMILES string of the molecule is CC1=C(C=CC#Cc2ccc(C(=O)O)cc2)C(=O)CCC1. The summed E-state index contributed by atoms with van der Waals surface area (Å²) in [6.07, 6.45) is 5.96. The first-order chi connectivity index (χ1) is 10.1. The number of Topliss-reactive ketones (excluding diaryl/α,β-unsaturated/α-hetero) is 1. The minimum Gasteiger partial charge on any atom is -0.478 e. The Morgan fingerprint density at radius 2 is 1.95 bits per heavy atom. The summed E-state index contributed by atoms with van der Waals surface area (Å²) in [5, 5.41) is 8.80. The van der Waals surface area contributed by atoms with Crippen LogP contribution >= 0.6 is 0 Å². The molecule has 0 fully saturated rings. The predicted octanol–water partition coefficient (Wildman–Crippen LogP) is 3.36. The number of carboxylic acid groups (broad SMARTS) is 1. The van der Waals surface area contributed by atoms with Gasteiger partial charge in [-0.3, -0.25) is 4.79 Å². The molecule has 0 amide bonds. The van der Waals surface area contributed by atoms with Gasteiger partial charge < -0.3 is 5.11 Å². The summed E-state index contributed by atoms with van der Waals surface area (Å²) >= 11 is 0. The number of carbonyl (C=O) groups excluding carboxylic acids is 1. The van der Waals surface area contributed by atoms with E-state index in [1.54, 1.807) is 24.3 Å². The van der Waals surface area contributed by atoms with E-state index in [1.165, 1.54) is 12.1 Å². The van der Waals surface area contributed by atoms with Crippen molar-refractivity contribution in [2.75, 3.05) is 0 Å². The molecule has 0 spiro atoms.